The number of nitrogens with one attached hydrogen (secondary N) is 1. The Bertz CT molecular complexity index is 1410. The predicted molar refractivity (Wildman–Crippen MR) is 158 cm³/mol. The number of alkyl halides is 3. The lowest BCUT2D eigenvalue weighted by atomic mass is 10.1. The molecule has 0 bridgehead atoms. The summed E-state index contributed by atoms with van der Waals surface area (Å²) in [5, 5.41) is 7.19. The summed E-state index contributed by atoms with van der Waals surface area (Å²) in [4.78, 5) is 38.5. The third-order valence-electron chi connectivity index (χ3n) is 6.32. The summed E-state index contributed by atoms with van der Waals surface area (Å²) in [5.74, 6) is -0.274. The van der Waals surface area contributed by atoms with Gasteiger partial charge in [-0.05, 0) is 55.9 Å². The zero-order valence-electron chi connectivity index (χ0n) is 23.9. The second-order valence-corrected chi connectivity index (χ2v) is 11.5. The van der Waals surface area contributed by atoms with Gasteiger partial charge < -0.3 is 10.1 Å². The first kappa shape index (κ1) is 33.0. The van der Waals surface area contributed by atoms with Crippen LogP contribution in [0.15, 0.2) is 69.1 Å². The second-order valence-electron chi connectivity index (χ2n) is 9.95. The molecule has 0 aliphatic rings. The minimum atomic E-state index is -4.34. The van der Waals surface area contributed by atoms with Gasteiger partial charge in [0.15, 0.2) is 0 Å². The normalized spacial score (nSPS) is 12.2. The number of ether oxygens (including phenoxy) is 1. The van der Waals surface area contributed by atoms with Gasteiger partial charge in [0.25, 0.3) is 5.56 Å². The Morgan fingerprint density at radius 3 is 2.50 bits per heavy atom. The highest BCUT2D eigenvalue weighted by molar-refractivity contribution is 8.00. The molecule has 0 aliphatic heterocycles. The van der Waals surface area contributed by atoms with E-state index in [0.29, 0.717) is 31.6 Å². The number of aryl methyl sites for hydroxylation is 2. The fourth-order valence-corrected chi connectivity index (χ4v) is 5.14. The minimum absolute atomic E-state index is 0.0109. The molecule has 0 radical (unpaired) electrons. The number of unbranched alkanes of at least 4 members (excludes halogenated alkanes) is 1. The standard InChI is InChI=1S/C30H37F3N4O4S/c1-3-26(38)41-21-22(2)42-25-15-9-14-23(19-25)11-7-8-17-34-27-28(39)36(20-24-12-5-4-6-13-24)29(40)37(35-27)18-10-16-30(31,32)33/h4-6,9,12-15,19,22H,3,7-8,10-11,16-18,20-21H2,1-2H3,(H,34,35). The second kappa shape index (κ2) is 16.2. The lowest BCUT2D eigenvalue weighted by molar-refractivity contribution is -0.143. The molecule has 1 N–H and O–H groups in total. The topological polar surface area (TPSA) is 95.2 Å². The van der Waals surface area contributed by atoms with Crippen LogP contribution in [-0.2, 0) is 29.0 Å². The van der Waals surface area contributed by atoms with Crippen molar-refractivity contribution in [2.75, 3.05) is 18.5 Å². The lowest BCUT2D eigenvalue weighted by Gasteiger charge is -2.14. The SMILES string of the molecule is CCC(=O)OCC(C)Sc1cccc(CCCCNc2nn(CCCC(F)(F)F)c(=O)n(Cc3ccccc3)c2=O)c1. The molecule has 0 saturated heterocycles. The van der Waals surface area contributed by atoms with Crippen LogP contribution in [0.1, 0.15) is 57.1 Å². The Hall–Kier alpha value is -3.54. The largest absolute Gasteiger partial charge is 0.465 e. The van der Waals surface area contributed by atoms with Crippen molar-refractivity contribution in [3.05, 3.63) is 86.6 Å². The number of hydrogen-bond donors (Lipinski definition) is 1. The Morgan fingerprint density at radius 1 is 1.05 bits per heavy atom. The van der Waals surface area contributed by atoms with Crippen molar-refractivity contribution >= 4 is 23.5 Å². The Kier molecular flexibility index (Phi) is 12.7. The molecule has 0 aliphatic carbocycles. The molecule has 42 heavy (non-hydrogen) atoms. The van der Waals surface area contributed by atoms with E-state index in [1.54, 1.807) is 43.0 Å². The van der Waals surface area contributed by atoms with Gasteiger partial charge >= 0.3 is 17.8 Å². The maximum Gasteiger partial charge on any atom is 0.389 e. The molecule has 3 aromatic rings. The molecular weight excluding hydrogens is 569 g/mol. The number of anilines is 1. The van der Waals surface area contributed by atoms with Gasteiger partial charge in [-0.25, -0.2) is 9.48 Å². The summed E-state index contributed by atoms with van der Waals surface area (Å²) in [5.41, 5.74) is 0.512. The molecule has 0 spiro atoms. The summed E-state index contributed by atoms with van der Waals surface area (Å²) in [7, 11) is 0. The Morgan fingerprint density at radius 2 is 1.79 bits per heavy atom. The molecule has 0 fully saturated rings. The van der Waals surface area contributed by atoms with Gasteiger partial charge in [0.1, 0.15) is 6.61 Å². The van der Waals surface area contributed by atoms with Crippen molar-refractivity contribution in [1.82, 2.24) is 14.3 Å². The molecule has 12 heteroatoms. The number of rotatable bonds is 16. The fraction of sp³-hybridized carbons (Fsp3) is 0.467. The molecule has 1 aromatic heterocycles. The highest BCUT2D eigenvalue weighted by atomic mass is 32.2. The van der Waals surface area contributed by atoms with E-state index in [1.165, 1.54) is 0 Å². The van der Waals surface area contributed by atoms with E-state index in [1.807, 2.05) is 31.2 Å². The zero-order chi connectivity index (χ0) is 30.5. The summed E-state index contributed by atoms with van der Waals surface area (Å²) in [6.45, 7) is 4.26. The van der Waals surface area contributed by atoms with Crippen LogP contribution in [0.5, 0.6) is 0 Å². The van der Waals surface area contributed by atoms with E-state index < -0.39 is 23.8 Å². The summed E-state index contributed by atoms with van der Waals surface area (Å²) in [6.07, 6.45) is -3.04. The van der Waals surface area contributed by atoms with Crippen LogP contribution in [0.2, 0.25) is 0 Å². The van der Waals surface area contributed by atoms with Crippen molar-refractivity contribution in [2.24, 2.45) is 0 Å². The van der Waals surface area contributed by atoms with Crippen LogP contribution in [0.25, 0.3) is 0 Å². The van der Waals surface area contributed by atoms with Crippen LogP contribution in [0.4, 0.5) is 19.0 Å². The van der Waals surface area contributed by atoms with E-state index in [4.69, 9.17) is 4.74 Å². The molecule has 0 amide bonds. The summed E-state index contributed by atoms with van der Waals surface area (Å²) < 4.78 is 45.2. The van der Waals surface area contributed by atoms with E-state index >= 15 is 0 Å². The molecule has 0 saturated carbocycles. The number of aromatic nitrogens is 3. The number of nitrogens with zero attached hydrogens (tertiary/aromatic N) is 3. The van der Waals surface area contributed by atoms with Crippen molar-refractivity contribution in [2.45, 2.75) is 81.8 Å². The third-order valence-corrected chi connectivity index (χ3v) is 7.39. The highest BCUT2D eigenvalue weighted by Gasteiger charge is 2.26. The maximum absolute atomic E-state index is 13.1. The number of esters is 1. The van der Waals surface area contributed by atoms with Gasteiger partial charge in [0.05, 0.1) is 6.54 Å². The predicted octanol–water partition coefficient (Wildman–Crippen LogP) is 5.66. The van der Waals surface area contributed by atoms with E-state index in [9.17, 15) is 27.6 Å². The highest BCUT2D eigenvalue weighted by Crippen LogP contribution is 2.25. The molecular formula is C30H37F3N4O4S. The van der Waals surface area contributed by atoms with Gasteiger partial charge in [0.2, 0.25) is 5.82 Å². The van der Waals surface area contributed by atoms with Crippen molar-refractivity contribution < 1.29 is 22.7 Å². The number of benzene rings is 2. The molecule has 1 atom stereocenters. The van der Waals surface area contributed by atoms with Crippen molar-refractivity contribution in [3.8, 4) is 0 Å². The smallest absolute Gasteiger partial charge is 0.389 e. The number of carbonyl (C=O) groups excluding carboxylic acids is 1. The van der Waals surface area contributed by atoms with Crippen LogP contribution in [0, 0.1) is 0 Å². The average Bonchev–Trinajstić information content (AvgIpc) is 2.96. The molecule has 2 aromatic carbocycles. The van der Waals surface area contributed by atoms with Gasteiger partial charge in [-0.1, -0.05) is 49.4 Å². The molecule has 1 unspecified atom stereocenters. The third kappa shape index (κ3) is 11.0. The van der Waals surface area contributed by atoms with Gasteiger partial charge in [-0.3, -0.25) is 14.2 Å². The zero-order valence-corrected chi connectivity index (χ0v) is 24.7. The minimum Gasteiger partial charge on any atom is -0.465 e. The van der Waals surface area contributed by atoms with Gasteiger partial charge in [-0.2, -0.15) is 13.2 Å². The van der Waals surface area contributed by atoms with Crippen LogP contribution < -0.4 is 16.6 Å². The Labute approximate surface area is 247 Å². The monoisotopic (exact) mass is 606 g/mol. The molecule has 8 nitrogen and oxygen atoms in total. The van der Waals surface area contributed by atoms with E-state index in [-0.39, 0.29) is 36.5 Å². The number of carbonyl (C=O) groups is 1. The van der Waals surface area contributed by atoms with Gasteiger partial charge in [0, 0.05) is 36.1 Å². The fourth-order valence-electron chi connectivity index (χ4n) is 4.17. The first-order chi connectivity index (χ1) is 20.1. The molecule has 3 rings (SSSR count). The lowest BCUT2D eigenvalue weighted by Crippen LogP contribution is -2.43. The maximum atomic E-state index is 13.1. The number of halogens is 3. The summed E-state index contributed by atoms with van der Waals surface area (Å²) in [6, 6.07) is 17.1. The first-order valence-electron chi connectivity index (χ1n) is 14.0. The molecule has 228 valence electrons. The average molecular weight is 607 g/mol. The van der Waals surface area contributed by atoms with Gasteiger partial charge in [-0.15, -0.1) is 16.9 Å². The van der Waals surface area contributed by atoms with Crippen LogP contribution in [-0.4, -0.2) is 44.9 Å². The first-order valence-corrected chi connectivity index (χ1v) is 14.9. The molecule has 1 heterocycles. The van der Waals surface area contributed by atoms with Crippen molar-refractivity contribution in [1.29, 1.82) is 0 Å². The quantitative estimate of drug-likeness (QED) is 0.128. The van der Waals surface area contributed by atoms with E-state index in [2.05, 4.69) is 16.5 Å². The summed E-state index contributed by atoms with van der Waals surface area (Å²) >= 11 is 1.64. The van der Waals surface area contributed by atoms with E-state index in [0.717, 1.165) is 32.5 Å². The van der Waals surface area contributed by atoms with Crippen LogP contribution in [0.3, 0.4) is 0 Å². The number of thioether (sulfide) groups is 1. The number of hydrogen-bond acceptors (Lipinski definition) is 7. The van der Waals surface area contributed by atoms with Crippen molar-refractivity contribution in [3.63, 3.8) is 0 Å². The Balaban J connectivity index is 1.60. The van der Waals surface area contributed by atoms with Crippen LogP contribution >= 0.6 is 11.8 Å².